The van der Waals surface area contributed by atoms with Crippen LogP contribution in [0.25, 0.3) is 0 Å². The Bertz CT molecular complexity index is 247. The number of halogens is 1. The molecule has 0 atom stereocenters. The van der Waals surface area contributed by atoms with Gasteiger partial charge >= 0.3 is 0 Å². The first-order valence-electron chi connectivity index (χ1n) is 2.67. The van der Waals surface area contributed by atoms with Crippen LogP contribution in [0.4, 0.5) is 4.39 Å². The molecule has 10 heavy (non-hydrogen) atoms. The number of hydrogen-bond donors (Lipinski definition) is 1. The Kier molecular flexibility index (Phi) is 1.99. The van der Waals surface area contributed by atoms with Crippen molar-refractivity contribution in [3.8, 4) is 0 Å². The molecular formula is C7H5FNO. The van der Waals surface area contributed by atoms with Crippen molar-refractivity contribution in [2.75, 3.05) is 0 Å². The lowest BCUT2D eigenvalue weighted by atomic mass is 10.2. The summed E-state index contributed by atoms with van der Waals surface area (Å²) in [5.41, 5.74) is 0.251. The summed E-state index contributed by atoms with van der Waals surface area (Å²) in [6.45, 7) is 0. The lowest BCUT2D eigenvalue weighted by molar-refractivity contribution is 0.321. The van der Waals surface area contributed by atoms with Crippen LogP contribution in [0.15, 0.2) is 23.4 Å². The molecule has 1 radical (unpaired) electrons. The van der Waals surface area contributed by atoms with Crippen LogP contribution in [-0.2, 0) is 0 Å². The fourth-order valence-corrected chi connectivity index (χ4v) is 0.589. The first-order valence-corrected chi connectivity index (χ1v) is 2.67. The van der Waals surface area contributed by atoms with Crippen molar-refractivity contribution in [2.24, 2.45) is 5.16 Å². The molecule has 0 heterocycles. The molecule has 0 saturated heterocycles. The second-order valence-electron chi connectivity index (χ2n) is 1.69. The van der Waals surface area contributed by atoms with Gasteiger partial charge in [0.1, 0.15) is 5.82 Å². The van der Waals surface area contributed by atoms with Gasteiger partial charge in [0.2, 0.25) is 0 Å². The largest absolute Gasteiger partial charge is 0.411 e. The smallest absolute Gasteiger partial charge is 0.132 e. The van der Waals surface area contributed by atoms with Crippen LogP contribution in [0.1, 0.15) is 5.56 Å². The second-order valence-corrected chi connectivity index (χ2v) is 1.69. The van der Waals surface area contributed by atoms with Crippen LogP contribution in [0.3, 0.4) is 0 Å². The van der Waals surface area contributed by atoms with Gasteiger partial charge in [0.15, 0.2) is 0 Å². The molecule has 3 heteroatoms. The molecule has 0 spiro atoms. The Labute approximate surface area is 57.6 Å². The minimum absolute atomic E-state index is 0.251. The maximum atomic E-state index is 12.5. The summed E-state index contributed by atoms with van der Waals surface area (Å²) in [6.07, 6.45) is 1.03. The molecule has 1 aromatic carbocycles. The Hall–Kier alpha value is -1.38. The monoisotopic (exact) mass is 138 g/mol. The number of benzene rings is 1. The van der Waals surface area contributed by atoms with Gasteiger partial charge < -0.3 is 5.21 Å². The van der Waals surface area contributed by atoms with Gasteiger partial charge in [-0.25, -0.2) is 4.39 Å². The van der Waals surface area contributed by atoms with Gasteiger partial charge in [0.25, 0.3) is 0 Å². The normalized spacial score (nSPS) is 10.5. The van der Waals surface area contributed by atoms with Crippen LogP contribution in [0.2, 0.25) is 0 Å². The maximum Gasteiger partial charge on any atom is 0.132 e. The molecule has 0 aromatic heterocycles. The first kappa shape index (κ1) is 6.74. The Balaban J connectivity index is 3.03. The van der Waals surface area contributed by atoms with Crippen molar-refractivity contribution in [3.05, 3.63) is 35.6 Å². The van der Waals surface area contributed by atoms with Gasteiger partial charge in [-0.3, -0.25) is 0 Å². The van der Waals surface area contributed by atoms with Crippen LogP contribution in [0, 0.1) is 11.9 Å². The van der Waals surface area contributed by atoms with Crippen molar-refractivity contribution in [1.29, 1.82) is 0 Å². The highest BCUT2D eigenvalue weighted by atomic mass is 19.1. The van der Waals surface area contributed by atoms with Crippen molar-refractivity contribution in [2.45, 2.75) is 0 Å². The van der Waals surface area contributed by atoms with Crippen LogP contribution >= 0.6 is 0 Å². The number of rotatable bonds is 1. The average molecular weight is 138 g/mol. The van der Waals surface area contributed by atoms with Gasteiger partial charge in [-0.05, 0) is 18.2 Å². The van der Waals surface area contributed by atoms with E-state index in [0.29, 0.717) is 0 Å². The summed E-state index contributed by atoms with van der Waals surface area (Å²) in [6, 6.07) is 6.73. The molecule has 1 rings (SSSR count). The standard InChI is InChI=1S/C7H5FNO/c8-7-4-2-1-3-6(7)5-9-10/h1,3-5,10H. The second kappa shape index (κ2) is 2.96. The maximum absolute atomic E-state index is 12.5. The molecule has 0 bridgehead atoms. The molecule has 0 aliphatic rings. The predicted molar refractivity (Wildman–Crippen MR) is 34.6 cm³/mol. The zero-order chi connectivity index (χ0) is 7.40. The van der Waals surface area contributed by atoms with Crippen molar-refractivity contribution in [1.82, 2.24) is 0 Å². The minimum atomic E-state index is -0.444. The fraction of sp³-hybridized carbons (Fsp3) is 0. The molecule has 0 aliphatic heterocycles. The van der Waals surface area contributed by atoms with E-state index < -0.39 is 5.82 Å². The van der Waals surface area contributed by atoms with E-state index in [4.69, 9.17) is 5.21 Å². The molecule has 0 unspecified atom stereocenters. The number of oxime groups is 1. The van der Waals surface area contributed by atoms with Crippen LogP contribution in [-0.4, -0.2) is 11.4 Å². The van der Waals surface area contributed by atoms with E-state index in [1.807, 2.05) is 0 Å². The Morgan fingerprint density at radius 2 is 2.50 bits per heavy atom. The van der Waals surface area contributed by atoms with Crippen LogP contribution < -0.4 is 0 Å². The third-order valence-corrected chi connectivity index (χ3v) is 1.04. The zero-order valence-electron chi connectivity index (χ0n) is 5.08. The average Bonchev–Trinajstić information content (AvgIpc) is 1.94. The number of hydrogen-bond acceptors (Lipinski definition) is 2. The topological polar surface area (TPSA) is 32.6 Å². The lowest BCUT2D eigenvalue weighted by Gasteiger charge is -1.90. The molecule has 51 valence electrons. The van der Waals surface area contributed by atoms with E-state index in [0.717, 1.165) is 6.21 Å². The van der Waals surface area contributed by atoms with E-state index in [1.165, 1.54) is 12.1 Å². The fourth-order valence-electron chi connectivity index (χ4n) is 0.589. The van der Waals surface area contributed by atoms with Gasteiger partial charge in [-0.1, -0.05) is 11.2 Å². The van der Waals surface area contributed by atoms with Crippen molar-refractivity contribution in [3.63, 3.8) is 0 Å². The highest BCUT2D eigenvalue weighted by molar-refractivity contribution is 5.79. The van der Waals surface area contributed by atoms with Crippen molar-refractivity contribution < 1.29 is 9.60 Å². The van der Waals surface area contributed by atoms with E-state index in [-0.39, 0.29) is 5.56 Å². The molecule has 0 fully saturated rings. The van der Waals surface area contributed by atoms with E-state index >= 15 is 0 Å². The van der Waals surface area contributed by atoms with Gasteiger partial charge in [0, 0.05) is 5.56 Å². The minimum Gasteiger partial charge on any atom is -0.411 e. The molecule has 2 nitrogen and oxygen atoms in total. The first-order chi connectivity index (χ1) is 4.84. The predicted octanol–water partition coefficient (Wildman–Crippen LogP) is 1.43. The summed E-state index contributed by atoms with van der Waals surface area (Å²) >= 11 is 0. The quantitative estimate of drug-likeness (QED) is 0.355. The third-order valence-electron chi connectivity index (χ3n) is 1.04. The molecule has 1 aromatic rings. The van der Waals surface area contributed by atoms with Gasteiger partial charge in [-0.15, -0.1) is 0 Å². The van der Waals surface area contributed by atoms with Crippen LogP contribution in [0.5, 0.6) is 0 Å². The molecule has 1 N–H and O–H groups in total. The SMILES string of the molecule is ON=Cc1cc[c]cc1F. The summed E-state index contributed by atoms with van der Waals surface area (Å²) in [5, 5.41) is 10.7. The van der Waals surface area contributed by atoms with E-state index in [1.54, 1.807) is 6.07 Å². The summed E-state index contributed by atoms with van der Waals surface area (Å²) < 4.78 is 12.5. The molecular weight excluding hydrogens is 133 g/mol. The molecule has 0 amide bonds. The van der Waals surface area contributed by atoms with E-state index in [9.17, 15) is 4.39 Å². The van der Waals surface area contributed by atoms with E-state index in [2.05, 4.69) is 11.2 Å². The highest BCUT2D eigenvalue weighted by Gasteiger charge is 1.94. The summed E-state index contributed by atoms with van der Waals surface area (Å²) in [5.74, 6) is -0.444. The third kappa shape index (κ3) is 1.31. The van der Waals surface area contributed by atoms with Gasteiger partial charge in [0.05, 0.1) is 6.21 Å². The number of nitrogens with zero attached hydrogens (tertiary/aromatic N) is 1. The summed E-state index contributed by atoms with van der Waals surface area (Å²) in [7, 11) is 0. The Morgan fingerprint density at radius 1 is 1.70 bits per heavy atom. The zero-order valence-corrected chi connectivity index (χ0v) is 5.08. The molecule has 0 saturated carbocycles. The molecule has 0 aliphatic carbocycles. The lowest BCUT2D eigenvalue weighted by Crippen LogP contribution is -1.85. The Morgan fingerprint density at radius 3 is 3.10 bits per heavy atom. The summed E-state index contributed by atoms with van der Waals surface area (Å²) in [4.78, 5) is 0. The van der Waals surface area contributed by atoms with Gasteiger partial charge in [-0.2, -0.15) is 0 Å². The van der Waals surface area contributed by atoms with Crippen molar-refractivity contribution >= 4 is 6.21 Å². The highest BCUT2D eigenvalue weighted by Crippen LogP contribution is 2.01.